The van der Waals surface area contributed by atoms with E-state index in [4.69, 9.17) is 4.74 Å². The zero-order valence-corrected chi connectivity index (χ0v) is 14.9. The number of nitrogens with zero attached hydrogens (tertiary/aromatic N) is 1. The number of hydrogen-bond acceptors (Lipinski definition) is 3. The molecule has 0 saturated heterocycles. The quantitative estimate of drug-likeness (QED) is 0.834. The van der Waals surface area contributed by atoms with Gasteiger partial charge in [0.15, 0.2) is 0 Å². The van der Waals surface area contributed by atoms with Crippen molar-refractivity contribution in [2.75, 3.05) is 24.4 Å². The van der Waals surface area contributed by atoms with E-state index in [-0.39, 0.29) is 18.2 Å². The molecule has 1 N–H and O–H groups in total. The first-order chi connectivity index (χ1) is 12.0. The number of hydrogen-bond donors (Lipinski definition) is 1. The Morgan fingerprint density at radius 1 is 1.08 bits per heavy atom. The van der Waals surface area contributed by atoms with Gasteiger partial charge in [-0.3, -0.25) is 9.59 Å². The maximum Gasteiger partial charge on any atom is 0.226 e. The predicted octanol–water partition coefficient (Wildman–Crippen LogP) is 3.78. The van der Waals surface area contributed by atoms with E-state index in [1.54, 1.807) is 19.1 Å². The number of anilines is 2. The van der Waals surface area contributed by atoms with Crippen molar-refractivity contribution in [3.8, 4) is 5.75 Å². The summed E-state index contributed by atoms with van der Waals surface area (Å²) in [5, 5.41) is 2.85. The van der Waals surface area contributed by atoms with Gasteiger partial charge in [-0.15, -0.1) is 0 Å². The first-order valence-corrected chi connectivity index (χ1v) is 8.27. The van der Waals surface area contributed by atoms with Crippen molar-refractivity contribution >= 4 is 23.2 Å². The standard InChI is InChI=1S/C20H24N2O3/c1-15-12-13-18(25-3)17(14-15)21-19(23)10-7-11-20(24)22(2)16-8-5-4-6-9-16/h4-6,8-9,12-14H,7,10-11H2,1-3H3,(H,21,23). The molecule has 0 bridgehead atoms. The van der Waals surface area contributed by atoms with Crippen molar-refractivity contribution in [2.24, 2.45) is 0 Å². The molecule has 0 fully saturated rings. The lowest BCUT2D eigenvalue weighted by Crippen LogP contribution is -2.26. The van der Waals surface area contributed by atoms with Crippen LogP contribution in [0.25, 0.3) is 0 Å². The van der Waals surface area contributed by atoms with E-state index >= 15 is 0 Å². The Kier molecular flexibility index (Phi) is 6.57. The van der Waals surface area contributed by atoms with Gasteiger partial charge in [-0.25, -0.2) is 0 Å². The van der Waals surface area contributed by atoms with Crippen molar-refractivity contribution in [1.29, 1.82) is 0 Å². The normalized spacial score (nSPS) is 10.2. The number of nitrogens with one attached hydrogen (secondary N) is 1. The summed E-state index contributed by atoms with van der Waals surface area (Å²) < 4.78 is 5.25. The fourth-order valence-corrected chi connectivity index (χ4v) is 2.50. The smallest absolute Gasteiger partial charge is 0.226 e. The molecule has 0 radical (unpaired) electrons. The van der Waals surface area contributed by atoms with E-state index in [0.29, 0.717) is 24.3 Å². The SMILES string of the molecule is COc1ccc(C)cc1NC(=O)CCCC(=O)N(C)c1ccccc1. The van der Waals surface area contributed by atoms with Gasteiger partial charge in [-0.05, 0) is 43.2 Å². The Hall–Kier alpha value is -2.82. The summed E-state index contributed by atoms with van der Waals surface area (Å²) >= 11 is 0. The van der Waals surface area contributed by atoms with Gasteiger partial charge in [0.25, 0.3) is 0 Å². The number of ether oxygens (including phenoxy) is 1. The highest BCUT2D eigenvalue weighted by Gasteiger charge is 2.12. The highest BCUT2D eigenvalue weighted by atomic mass is 16.5. The third-order valence-corrected chi connectivity index (χ3v) is 3.94. The second kappa shape index (κ2) is 8.87. The van der Waals surface area contributed by atoms with Crippen LogP contribution >= 0.6 is 0 Å². The molecular weight excluding hydrogens is 316 g/mol. The number of methoxy groups -OCH3 is 1. The van der Waals surface area contributed by atoms with Crippen LogP contribution in [-0.4, -0.2) is 26.0 Å². The lowest BCUT2D eigenvalue weighted by molar-refractivity contribution is -0.118. The van der Waals surface area contributed by atoms with Crippen LogP contribution in [0.3, 0.4) is 0 Å². The minimum absolute atomic E-state index is 0.00728. The molecule has 0 aliphatic heterocycles. The van der Waals surface area contributed by atoms with Gasteiger partial charge >= 0.3 is 0 Å². The van der Waals surface area contributed by atoms with Crippen molar-refractivity contribution in [1.82, 2.24) is 0 Å². The van der Waals surface area contributed by atoms with Gasteiger partial charge in [0.1, 0.15) is 5.75 Å². The molecule has 0 saturated carbocycles. The predicted molar refractivity (Wildman–Crippen MR) is 100 cm³/mol. The van der Waals surface area contributed by atoms with Crippen LogP contribution in [0.1, 0.15) is 24.8 Å². The van der Waals surface area contributed by atoms with E-state index in [9.17, 15) is 9.59 Å². The van der Waals surface area contributed by atoms with Crippen molar-refractivity contribution in [2.45, 2.75) is 26.2 Å². The summed E-state index contributed by atoms with van der Waals surface area (Å²) in [7, 11) is 3.31. The topological polar surface area (TPSA) is 58.6 Å². The molecule has 0 aliphatic rings. The van der Waals surface area contributed by atoms with E-state index in [0.717, 1.165) is 11.3 Å². The van der Waals surface area contributed by atoms with Crippen molar-refractivity contribution in [3.63, 3.8) is 0 Å². The van der Waals surface area contributed by atoms with E-state index in [1.807, 2.05) is 55.5 Å². The Morgan fingerprint density at radius 2 is 1.80 bits per heavy atom. The molecule has 2 aromatic rings. The van der Waals surface area contributed by atoms with Gasteiger partial charge in [0.05, 0.1) is 12.8 Å². The van der Waals surface area contributed by atoms with Gasteiger partial charge < -0.3 is 15.0 Å². The van der Waals surface area contributed by atoms with Crippen LogP contribution in [0.5, 0.6) is 5.75 Å². The molecule has 0 atom stereocenters. The van der Waals surface area contributed by atoms with Gasteiger partial charge in [0.2, 0.25) is 11.8 Å². The maximum atomic E-state index is 12.2. The zero-order chi connectivity index (χ0) is 18.2. The summed E-state index contributed by atoms with van der Waals surface area (Å²) in [6.45, 7) is 1.95. The molecule has 0 aliphatic carbocycles. The van der Waals surface area contributed by atoms with Crippen LogP contribution < -0.4 is 15.0 Å². The zero-order valence-electron chi connectivity index (χ0n) is 14.9. The summed E-state index contributed by atoms with van der Waals surface area (Å²) in [6, 6.07) is 15.1. The van der Waals surface area contributed by atoms with Crippen LogP contribution in [-0.2, 0) is 9.59 Å². The lowest BCUT2D eigenvalue weighted by Gasteiger charge is -2.17. The van der Waals surface area contributed by atoms with Crippen LogP contribution in [0, 0.1) is 6.92 Å². The number of para-hydroxylation sites is 1. The molecule has 0 heterocycles. The number of carbonyl (C=O) groups is 2. The Balaban J connectivity index is 1.82. The molecule has 2 aromatic carbocycles. The summed E-state index contributed by atoms with van der Waals surface area (Å²) in [6.07, 6.45) is 1.10. The molecule has 2 amide bonds. The van der Waals surface area contributed by atoms with Gasteiger partial charge in [-0.1, -0.05) is 24.3 Å². The van der Waals surface area contributed by atoms with Crippen molar-refractivity contribution < 1.29 is 14.3 Å². The largest absolute Gasteiger partial charge is 0.495 e. The van der Waals surface area contributed by atoms with E-state index < -0.39 is 0 Å². The Morgan fingerprint density at radius 3 is 2.48 bits per heavy atom. The molecule has 0 unspecified atom stereocenters. The van der Waals surface area contributed by atoms with Gasteiger partial charge in [0, 0.05) is 25.6 Å². The van der Waals surface area contributed by atoms with E-state index in [2.05, 4.69) is 5.32 Å². The first kappa shape index (κ1) is 18.5. The summed E-state index contributed by atoms with van der Waals surface area (Å²) in [5.74, 6) is 0.491. The van der Waals surface area contributed by atoms with Crippen molar-refractivity contribution in [3.05, 3.63) is 54.1 Å². The number of aryl methyl sites for hydroxylation is 1. The Labute approximate surface area is 148 Å². The Bertz CT molecular complexity index is 729. The molecule has 0 spiro atoms. The summed E-state index contributed by atoms with van der Waals surface area (Å²) in [4.78, 5) is 25.9. The molecular formula is C20H24N2O3. The second-order valence-electron chi connectivity index (χ2n) is 5.89. The average Bonchev–Trinajstić information content (AvgIpc) is 2.62. The van der Waals surface area contributed by atoms with E-state index in [1.165, 1.54) is 0 Å². The fourth-order valence-electron chi connectivity index (χ4n) is 2.50. The highest BCUT2D eigenvalue weighted by molar-refractivity contribution is 5.94. The minimum Gasteiger partial charge on any atom is -0.495 e. The third-order valence-electron chi connectivity index (χ3n) is 3.94. The highest BCUT2D eigenvalue weighted by Crippen LogP contribution is 2.25. The first-order valence-electron chi connectivity index (χ1n) is 8.27. The number of rotatable bonds is 7. The minimum atomic E-state index is -0.126. The average molecular weight is 340 g/mol. The van der Waals surface area contributed by atoms with Gasteiger partial charge in [-0.2, -0.15) is 0 Å². The summed E-state index contributed by atoms with van der Waals surface area (Å²) in [5.41, 5.74) is 2.54. The van der Waals surface area contributed by atoms with Crippen LogP contribution in [0.15, 0.2) is 48.5 Å². The van der Waals surface area contributed by atoms with Crippen LogP contribution in [0.4, 0.5) is 11.4 Å². The monoisotopic (exact) mass is 340 g/mol. The second-order valence-corrected chi connectivity index (χ2v) is 5.89. The molecule has 2 rings (SSSR count). The number of amides is 2. The third kappa shape index (κ3) is 5.35. The maximum absolute atomic E-state index is 12.2. The van der Waals surface area contributed by atoms with Crippen LogP contribution in [0.2, 0.25) is 0 Å². The lowest BCUT2D eigenvalue weighted by atomic mass is 10.1. The molecule has 25 heavy (non-hydrogen) atoms. The fraction of sp³-hybridized carbons (Fsp3) is 0.300. The molecule has 132 valence electrons. The molecule has 5 heteroatoms. The molecule has 5 nitrogen and oxygen atoms in total. The number of benzene rings is 2. The number of carbonyl (C=O) groups excluding carboxylic acids is 2. The molecule has 0 aromatic heterocycles.